The first-order chi connectivity index (χ1) is 19.4. The standard InChI is InChI=1S/C38H22O.CH4/c1-2-11-23(12-3-1)34-27-16-6-8-18-29(27)36(30-19-9-7-17-28(30)34)31-21-25-14-10-20-32-35(25)38-33(39-32)22-24-13-4-5-15-26(24)37(31)38;/h1-22H;1H4. The zero-order valence-electron chi connectivity index (χ0n) is 21.1. The Balaban J connectivity index is 0.00000245. The van der Waals surface area contributed by atoms with E-state index < -0.39 is 0 Å². The van der Waals surface area contributed by atoms with Crippen molar-refractivity contribution in [3.8, 4) is 22.3 Å². The van der Waals surface area contributed by atoms with Crippen LogP contribution in [0, 0.1) is 0 Å². The van der Waals surface area contributed by atoms with E-state index in [9.17, 15) is 0 Å². The molecule has 0 aliphatic heterocycles. The molecule has 0 spiro atoms. The van der Waals surface area contributed by atoms with E-state index in [4.69, 9.17) is 4.42 Å². The molecule has 40 heavy (non-hydrogen) atoms. The normalized spacial score (nSPS) is 11.8. The fourth-order valence-electron chi connectivity index (χ4n) is 6.83. The van der Waals surface area contributed by atoms with E-state index in [2.05, 4.69) is 133 Å². The van der Waals surface area contributed by atoms with Gasteiger partial charge in [0.2, 0.25) is 0 Å². The van der Waals surface area contributed by atoms with Gasteiger partial charge in [-0.3, -0.25) is 0 Å². The summed E-state index contributed by atoms with van der Waals surface area (Å²) in [6.07, 6.45) is 0. The largest absolute Gasteiger partial charge is 0.456 e. The van der Waals surface area contributed by atoms with Crippen molar-refractivity contribution in [1.29, 1.82) is 0 Å². The van der Waals surface area contributed by atoms with E-state index in [1.165, 1.54) is 76.1 Å². The topological polar surface area (TPSA) is 13.1 Å². The van der Waals surface area contributed by atoms with Crippen molar-refractivity contribution in [2.45, 2.75) is 7.43 Å². The molecule has 8 aromatic carbocycles. The Morgan fingerprint density at radius 1 is 0.375 bits per heavy atom. The molecule has 9 aromatic rings. The second-order valence-corrected chi connectivity index (χ2v) is 10.4. The zero-order chi connectivity index (χ0) is 25.5. The zero-order valence-corrected chi connectivity index (χ0v) is 21.1. The molecular weight excluding hydrogens is 484 g/mol. The maximum Gasteiger partial charge on any atom is 0.136 e. The maximum absolute atomic E-state index is 6.46. The minimum Gasteiger partial charge on any atom is -0.456 e. The van der Waals surface area contributed by atoms with Crippen molar-refractivity contribution in [2.75, 3.05) is 0 Å². The Kier molecular flexibility index (Phi) is 4.81. The average Bonchev–Trinajstić information content (AvgIpc) is 3.37. The number of hydrogen-bond donors (Lipinski definition) is 0. The highest BCUT2D eigenvalue weighted by Gasteiger charge is 2.23. The lowest BCUT2D eigenvalue weighted by Crippen LogP contribution is -1.92. The molecule has 0 saturated carbocycles. The highest BCUT2D eigenvalue weighted by molar-refractivity contribution is 6.34. The van der Waals surface area contributed by atoms with Gasteiger partial charge < -0.3 is 4.42 Å². The Bertz CT molecular complexity index is 2320. The molecule has 0 fully saturated rings. The van der Waals surface area contributed by atoms with Gasteiger partial charge in [0.1, 0.15) is 11.2 Å². The smallest absolute Gasteiger partial charge is 0.136 e. The van der Waals surface area contributed by atoms with Crippen LogP contribution in [0.1, 0.15) is 7.43 Å². The quantitative estimate of drug-likeness (QED) is 0.166. The van der Waals surface area contributed by atoms with Gasteiger partial charge in [-0.15, -0.1) is 0 Å². The summed E-state index contributed by atoms with van der Waals surface area (Å²) in [7, 11) is 0. The lowest BCUT2D eigenvalue weighted by Gasteiger charge is -2.20. The summed E-state index contributed by atoms with van der Waals surface area (Å²) in [6.45, 7) is 0. The van der Waals surface area contributed by atoms with Gasteiger partial charge in [-0.2, -0.15) is 0 Å². The molecule has 0 unspecified atom stereocenters. The number of rotatable bonds is 2. The molecule has 0 atom stereocenters. The summed E-state index contributed by atoms with van der Waals surface area (Å²) in [4.78, 5) is 0. The molecule has 0 bridgehead atoms. The Morgan fingerprint density at radius 3 is 1.65 bits per heavy atom. The second kappa shape index (κ2) is 8.43. The van der Waals surface area contributed by atoms with E-state index in [1.54, 1.807) is 0 Å². The summed E-state index contributed by atoms with van der Waals surface area (Å²) >= 11 is 0. The third kappa shape index (κ3) is 2.98. The van der Waals surface area contributed by atoms with Gasteiger partial charge in [0.25, 0.3) is 0 Å². The molecule has 0 radical (unpaired) electrons. The summed E-state index contributed by atoms with van der Waals surface area (Å²) < 4.78 is 6.46. The highest BCUT2D eigenvalue weighted by atomic mass is 16.3. The van der Waals surface area contributed by atoms with Gasteiger partial charge in [0.05, 0.1) is 0 Å². The molecule has 0 amide bonds. The van der Waals surface area contributed by atoms with Crippen molar-refractivity contribution >= 4 is 65.0 Å². The first-order valence-corrected chi connectivity index (χ1v) is 13.4. The van der Waals surface area contributed by atoms with Gasteiger partial charge in [-0.1, -0.05) is 123 Å². The van der Waals surface area contributed by atoms with Crippen molar-refractivity contribution < 1.29 is 4.42 Å². The number of hydrogen-bond acceptors (Lipinski definition) is 1. The third-order valence-corrected chi connectivity index (χ3v) is 8.37. The maximum atomic E-state index is 6.46. The minimum atomic E-state index is 0. The fourth-order valence-corrected chi connectivity index (χ4v) is 6.83. The summed E-state index contributed by atoms with van der Waals surface area (Å²) in [5.41, 5.74) is 6.96. The van der Waals surface area contributed by atoms with Gasteiger partial charge in [-0.25, -0.2) is 0 Å². The highest BCUT2D eigenvalue weighted by Crippen LogP contribution is 2.50. The van der Waals surface area contributed by atoms with Crippen LogP contribution in [-0.4, -0.2) is 0 Å². The fraction of sp³-hybridized carbons (Fsp3) is 0.0256. The molecule has 0 N–H and O–H groups in total. The summed E-state index contributed by atoms with van der Waals surface area (Å²) in [6, 6.07) is 48.3. The number of benzene rings is 8. The van der Waals surface area contributed by atoms with Crippen LogP contribution in [0.15, 0.2) is 138 Å². The lowest BCUT2D eigenvalue weighted by atomic mass is 9.83. The van der Waals surface area contributed by atoms with Crippen molar-refractivity contribution in [1.82, 2.24) is 0 Å². The van der Waals surface area contributed by atoms with Crippen molar-refractivity contribution in [2.24, 2.45) is 0 Å². The van der Waals surface area contributed by atoms with E-state index in [-0.39, 0.29) is 7.43 Å². The predicted octanol–water partition coefficient (Wildman–Crippen LogP) is 11.6. The van der Waals surface area contributed by atoms with Crippen molar-refractivity contribution in [3.05, 3.63) is 133 Å². The minimum absolute atomic E-state index is 0. The molecule has 9 rings (SSSR count). The molecule has 0 saturated heterocycles. The molecule has 188 valence electrons. The van der Waals surface area contributed by atoms with Crippen LogP contribution >= 0.6 is 0 Å². The number of fused-ring (bicyclic) bond motifs is 4. The van der Waals surface area contributed by atoms with E-state index in [0.717, 1.165) is 11.2 Å². The second-order valence-electron chi connectivity index (χ2n) is 10.4. The van der Waals surface area contributed by atoms with Crippen LogP contribution in [0.3, 0.4) is 0 Å². The molecule has 1 heteroatoms. The van der Waals surface area contributed by atoms with Crippen LogP contribution in [0.2, 0.25) is 0 Å². The van der Waals surface area contributed by atoms with E-state index in [0.29, 0.717) is 0 Å². The van der Waals surface area contributed by atoms with Crippen molar-refractivity contribution in [3.63, 3.8) is 0 Å². The molecule has 0 aliphatic rings. The average molecular weight is 511 g/mol. The molecule has 0 aliphatic carbocycles. The van der Waals surface area contributed by atoms with Crippen LogP contribution in [0.4, 0.5) is 0 Å². The first-order valence-electron chi connectivity index (χ1n) is 13.4. The monoisotopic (exact) mass is 510 g/mol. The van der Waals surface area contributed by atoms with E-state index >= 15 is 0 Å². The summed E-state index contributed by atoms with van der Waals surface area (Å²) in [5.74, 6) is 0. The van der Waals surface area contributed by atoms with Crippen LogP contribution in [0.25, 0.3) is 87.3 Å². The van der Waals surface area contributed by atoms with Crippen LogP contribution in [0.5, 0.6) is 0 Å². The molecule has 1 aromatic heterocycles. The van der Waals surface area contributed by atoms with E-state index in [1.807, 2.05) is 0 Å². The van der Waals surface area contributed by atoms with Gasteiger partial charge in [-0.05, 0) is 78.2 Å². The Labute approximate surface area is 232 Å². The Morgan fingerprint density at radius 2 is 0.950 bits per heavy atom. The predicted molar refractivity (Wildman–Crippen MR) is 173 cm³/mol. The van der Waals surface area contributed by atoms with Gasteiger partial charge in [0, 0.05) is 16.2 Å². The van der Waals surface area contributed by atoms with Gasteiger partial charge >= 0.3 is 0 Å². The first kappa shape index (κ1) is 22.8. The third-order valence-electron chi connectivity index (χ3n) is 8.37. The SMILES string of the molecule is C.c1ccc(-c2c3ccccc3c(-c3cc4cccc5oc6cc7ccccc7c3c6c45)c3ccccc23)cc1. The number of furan rings is 1. The van der Waals surface area contributed by atoms with Crippen LogP contribution < -0.4 is 0 Å². The summed E-state index contributed by atoms with van der Waals surface area (Å²) in [5, 5.41) is 12.4. The van der Waals surface area contributed by atoms with Crippen LogP contribution in [-0.2, 0) is 0 Å². The molecular formula is C39H26O. The molecule has 1 nitrogen and oxygen atoms in total. The van der Waals surface area contributed by atoms with Gasteiger partial charge in [0.15, 0.2) is 0 Å². The lowest BCUT2D eigenvalue weighted by molar-refractivity contribution is 0.670. The molecule has 1 heterocycles. The Hall–Kier alpha value is -5.14.